The number of nitrogens with one attached hydrogen (secondary N) is 1. The van der Waals surface area contributed by atoms with Crippen molar-refractivity contribution in [3.05, 3.63) is 70.2 Å². The molecule has 0 unspecified atom stereocenters. The van der Waals surface area contributed by atoms with Gasteiger partial charge in [0.2, 0.25) is 5.91 Å². The van der Waals surface area contributed by atoms with E-state index in [9.17, 15) is 9.59 Å². The molecule has 1 saturated heterocycles. The highest BCUT2D eigenvalue weighted by Crippen LogP contribution is 2.15. The normalized spacial score (nSPS) is 14.0. The molecule has 1 N–H and O–H groups in total. The molecule has 1 aliphatic heterocycles. The van der Waals surface area contributed by atoms with E-state index < -0.39 is 0 Å². The second kappa shape index (κ2) is 8.17. The van der Waals surface area contributed by atoms with Crippen LogP contribution in [0, 0.1) is 0 Å². The summed E-state index contributed by atoms with van der Waals surface area (Å²) in [6.45, 7) is 2.00. The third-order valence-electron chi connectivity index (χ3n) is 4.35. The summed E-state index contributed by atoms with van der Waals surface area (Å²) in [5, 5.41) is 3.62. The Morgan fingerprint density at radius 2 is 1.92 bits per heavy atom. The van der Waals surface area contributed by atoms with E-state index in [1.54, 1.807) is 0 Å². The molecule has 0 aromatic heterocycles. The van der Waals surface area contributed by atoms with Crippen LogP contribution in [-0.2, 0) is 17.8 Å². The Morgan fingerprint density at radius 3 is 2.60 bits per heavy atom. The van der Waals surface area contributed by atoms with E-state index in [4.69, 9.17) is 11.6 Å². The minimum absolute atomic E-state index is 0.0918. The van der Waals surface area contributed by atoms with Gasteiger partial charge in [0.05, 0.1) is 0 Å². The zero-order chi connectivity index (χ0) is 17.6. The number of amides is 2. The summed E-state index contributed by atoms with van der Waals surface area (Å²) in [5.74, 6) is 0.119. The van der Waals surface area contributed by atoms with Crippen LogP contribution in [0.15, 0.2) is 48.5 Å². The average Bonchev–Trinajstić information content (AvgIpc) is 3.00. The molecule has 130 valence electrons. The maximum absolute atomic E-state index is 12.2. The van der Waals surface area contributed by atoms with Crippen molar-refractivity contribution in [3.63, 3.8) is 0 Å². The van der Waals surface area contributed by atoms with Gasteiger partial charge in [-0.25, -0.2) is 0 Å². The van der Waals surface area contributed by atoms with E-state index in [0.29, 0.717) is 30.1 Å². The molecule has 0 bridgehead atoms. The lowest BCUT2D eigenvalue weighted by Crippen LogP contribution is -2.26. The summed E-state index contributed by atoms with van der Waals surface area (Å²) in [5.41, 5.74) is 2.77. The molecule has 0 atom stereocenters. The fraction of sp³-hybridized carbons (Fsp3) is 0.300. The minimum Gasteiger partial charge on any atom is -0.352 e. The van der Waals surface area contributed by atoms with Crippen molar-refractivity contribution in [2.75, 3.05) is 13.1 Å². The topological polar surface area (TPSA) is 49.4 Å². The minimum atomic E-state index is -0.0918. The molecule has 5 heteroatoms. The Balaban J connectivity index is 1.49. The molecule has 2 aromatic carbocycles. The molecule has 2 aromatic rings. The second-order valence-electron chi connectivity index (χ2n) is 6.25. The number of hydrogen-bond donors (Lipinski definition) is 1. The van der Waals surface area contributed by atoms with Crippen LogP contribution in [0.2, 0.25) is 5.02 Å². The van der Waals surface area contributed by atoms with Gasteiger partial charge in [-0.2, -0.15) is 0 Å². The van der Waals surface area contributed by atoms with E-state index in [1.807, 2.05) is 53.4 Å². The highest BCUT2D eigenvalue weighted by molar-refractivity contribution is 6.30. The summed E-state index contributed by atoms with van der Waals surface area (Å²) in [7, 11) is 0. The molecule has 0 spiro atoms. The van der Waals surface area contributed by atoms with E-state index in [-0.39, 0.29) is 11.8 Å². The number of halogens is 1. The fourth-order valence-electron chi connectivity index (χ4n) is 2.97. The summed E-state index contributed by atoms with van der Waals surface area (Å²) >= 11 is 5.95. The van der Waals surface area contributed by atoms with Gasteiger partial charge in [0.25, 0.3) is 5.91 Å². The second-order valence-corrected chi connectivity index (χ2v) is 6.69. The standard InChI is InChI=1S/C20H21ClN2O2/c21-18-4-1-3-15(13-18)10-11-22-20(25)17-8-6-16(7-9-17)14-23-12-2-5-19(23)24/h1,3-4,6-9,13H,2,5,10-12,14H2,(H,22,25). The summed E-state index contributed by atoms with van der Waals surface area (Å²) in [6.07, 6.45) is 2.32. The Morgan fingerprint density at radius 1 is 1.12 bits per heavy atom. The zero-order valence-electron chi connectivity index (χ0n) is 14.0. The van der Waals surface area contributed by atoms with Crippen LogP contribution in [0.1, 0.15) is 34.3 Å². The van der Waals surface area contributed by atoms with Gasteiger partial charge in [0.1, 0.15) is 0 Å². The molecule has 0 saturated carbocycles. The first-order valence-electron chi connectivity index (χ1n) is 8.51. The first-order chi connectivity index (χ1) is 12.1. The molecule has 4 nitrogen and oxygen atoms in total. The Labute approximate surface area is 152 Å². The van der Waals surface area contributed by atoms with Crippen LogP contribution in [-0.4, -0.2) is 29.8 Å². The Bertz CT molecular complexity index is 759. The summed E-state index contributed by atoms with van der Waals surface area (Å²) < 4.78 is 0. The van der Waals surface area contributed by atoms with E-state index in [1.165, 1.54) is 0 Å². The van der Waals surface area contributed by atoms with E-state index in [2.05, 4.69) is 5.32 Å². The van der Waals surface area contributed by atoms with Gasteiger partial charge in [0, 0.05) is 36.6 Å². The van der Waals surface area contributed by atoms with E-state index >= 15 is 0 Å². The predicted molar refractivity (Wildman–Crippen MR) is 98.6 cm³/mol. The number of carbonyl (C=O) groups excluding carboxylic acids is 2. The first-order valence-corrected chi connectivity index (χ1v) is 8.89. The van der Waals surface area contributed by atoms with Crippen molar-refractivity contribution in [1.82, 2.24) is 10.2 Å². The third-order valence-corrected chi connectivity index (χ3v) is 4.58. The van der Waals surface area contributed by atoms with Crippen LogP contribution < -0.4 is 5.32 Å². The predicted octanol–water partition coefficient (Wildman–Crippen LogP) is 3.43. The number of nitrogens with zero attached hydrogens (tertiary/aromatic N) is 1. The van der Waals surface area contributed by atoms with Gasteiger partial charge < -0.3 is 10.2 Å². The number of benzene rings is 2. The van der Waals surface area contributed by atoms with Gasteiger partial charge in [-0.1, -0.05) is 35.9 Å². The lowest BCUT2D eigenvalue weighted by molar-refractivity contribution is -0.128. The number of hydrogen-bond acceptors (Lipinski definition) is 2. The molecule has 1 aliphatic rings. The van der Waals surface area contributed by atoms with Gasteiger partial charge in [0.15, 0.2) is 0 Å². The molecule has 25 heavy (non-hydrogen) atoms. The van der Waals surface area contributed by atoms with Crippen LogP contribution in [0.4, 0.5) is 0 Å². The monoisotopic (exact) mass is 356 g/mol. The van der Waals surface area contributed by atoms with Crippen molar-refractivity contribution >= 4 is 23.4 Å². The number of carbonyl (C=O) groups is 2. The van der Waals surface area contributed by atoms with Crippen LogP contribution >= 0.6 is 11.6 Å². The lowest BCUT2D eigenvalue weighted by Gasteiger charge is -2.15. The molecular weight excluding hydrogens is 336 g/mol. The van der Waals surface area contributed by atoms with Crippen molar-refractivity contribution in [2.45, 2.75) is 25.8 Å². The average molecular weight is 357 g/mol. The first kappa shape index (κ1) is 17.5. The molecule has 1 fully saturated rings. The molecule has 1 heterocycles. The highest BCUT2D eigenvalue weighted by Gasteiger charge is 2.19. The maximum atomic E-state index is 12.2. The van der Waals surface area contributed by atoms with Gasteiger partial charge in [-0.3, -0.25) is 9.59 Å². The quantitative estimate of drug-likeness (QED) is 0.862. The smallest absolute Gasteiger partial charge is 0.251 e. The van der Waals surface area contributed by atoms with E-state index in [0.717, 1.165) is 30.5 Å². The lowest BCUT2D eigenvalue weighted by atomic mass is 10.1. The Hall–Kier alpha value is -2.33. The van der Waals surface area contributed by atoms with Crippen molar-refractivity contribution in [3.8, 4) is 0 Å². The molecule has 2 amide bonds. The van der Waals surface area contributed by atoms with Gasteiger partial charge in [-0.05, 0) is 48.2 Å². The molecule has 0 radical (unpaired) electrons. The molecule has 3 rings (SSSR count). The van der Waals surface area contributed by atoms with Crippen molar-refractivity contribution in [1.29, 1.82) is 0 Å². The molecular formula is C20H21ClN2O2. The zero-order valence-corrected chi connectivity index (χ0v) is 14.8. The van der Waals surface area contributed by atoms with Crippen molar-refractivity contribution < 1.29 is 9.59 Å². The van der Waals surface area contributed by atoms with Crippen LogP contribution in [0.5, 0.6) is 0 Å². The van der Waals surface area contributed by atoms with Crippen LogP contribution in [0.25, 0.3) is 0 Å². The number of rotatable bonds is 6. The fourth-order valence-corrected chi connectivity index (χ4v) is 3.18. The van der Waals surface area contributed by atoms with Gasteiger partial charge >= 0.3 is 0 Å². The largest absolute Gasteiger partial charge is 0.352 e. The number of likely N-dealkylation sites (tertiary alicyclic amines) is 1. The highest BCUT2D eigenvalue weighted by atomic mass is 35.5. The summed E-state index contributed by atoms with van der Waals surface area (Å²) in [6, 6.07) is 15.1. The SMILES string of the molecule is O=C(NCCc1cccc(Cl)c1)c1ccc(CN2CCCC2=O)cc1. The van der Waals surface area contributed by atoms with Crippen molar-refractivity contribution in [2.24, 2.45) is 0 Å². The van der Waals surface area contributed by atoms with Crippen LogP contribution in [0.3, 0.4) is 0 Å². The summed E-state index contributed by atoms with van der Waals surface area (Å²) in [4.78, 5) is 25.7. The Kier molecular flexibility index (Phi) is 5.71. The van der Waals surface area contributed by atoms with Gasteiger partial charge in [-0.15, -0.1) is 0 Å². The molecule has 0 aliphatic carbocycles. The maximum Gasteiger partial charge on any atom is 0.251 e. The third kappa shape index (κ3) is 4.83.